The van der Waals surface area contributed by atoms with Gasteiger partial charge in [0.05, 0.1) is 14.2 Å². The van der Waals surface area contributed by atoms with Crippen LogP contribution >= 0.6 is 0 Å². The summed E-state index contributed by atoms with van der Waals surface area (Å²) < 4.78 is 10.7. The fraction of sp³-hybridized carbons (Fsp3) is 0.600. The van der Waals surface area contributed by atoms with Crippen molar-refractivity contribution in [2.45, 2.75) is 25.9 Å². The van der Waals surface area contributed by atoms with Crippen LogP contribution in [0, 0.1) is 0 Å². The molecule has 1 unspecified atom stereocenters. The highest BCUT2D eigenvalue weighted by molar-refractivity contribution is 5.40. The molecule has 1 saturated heterocycles. The van der Waals surface area contributed by atoms with Crippen LogP contribution in [-0.2, 0) is 6.54 Å². The van der Waals surface area contributed by atoms with E-state index >= 15 is 0 Å². The van der Waals surface area contributed by atoms with Crippen molar-refractivity contribution in [2.24, 2.45) is 0 Å². The summed E-state index contributed by atoms with van der Waals surface area (Å²) in [4.78, 5) is 2.48. The third kappa shape index (κ3) is 3.61. The Morgan fingerprint density at radius 1 is 1.32 bits per heavy atom. The third-order valence-electron chi connectivity index (χ3n) is 3.72. The van der Waals surface area contributed by atoms with Gasteiger partial charge in [-0.3, -0.25) is 4.90 Å². The van der Waals surface area contributed by atoms with Gasteiger partial charge in [-0.15, -0.1) is 0 Å². The molecule has 4 nitrogen and oxygen atoms in total. The van der Waals surface area contributed by atoms with Crippen molar-refractivity contribution in [3.8, 4) is 11.5 Å². The van der Waals surface area contributed by atoms with E-state index in [1.165, 1.54) is 12.0 Å². The second-order valence-corrected chi connectivity index (χ2v) is 4.97. The molecular formula is C15H24N2O2. The van der Waals surface area contributed by atoms with E-state index in [4.69, 9.17) is 9.47 Å². The van der Waals surface area contributed by atoms with Crippen LogP contribution in [0.25, 0.3) is 0 Å². The van der Waals surface area contributed by atoms with Gasteiger partial charge in [-0.05, 0) is 12.5 Å². The summed E-state index contributed by atoms with van der Waals surface area (Å²) in [5.41, 5.74) is 1.22. The molecule has 0 aliphatic carbocycles. The minimum absolute atomic E-state index is 0.609. The first-order valence-corrected chi connectivity index (χ1v) is 6.93. The topological polar surface area (TPSA) is 33.7 Å². The van der Waals surface area contributed by atoms with Gasteiger partial charge in [-0.25, -0.2) is 0 Å². The second-order valence-electron chi connectivity index (χ2n) is 4.97. The van der Waals surface area contributed by atoms with E-state index in [1.807, 2.05) is 12.1 Å². The van der Waals surface area contributed by atoms with Gasteiger partial charge >= 0.3 is 0 Å². The van der Waals surface area contributed by atoms with Crippen molar-refractivity contribution in [3.63, 3.8) is 0 Å². The highest BCUT2D eigenvalue weighted by atomic mass is 16.5. The Bertz CT molecular complexity index is 409. The van der Waals surface area contributed by atoms with Gasteiger partial charge in [0.15, 0.2) is 0 Å². The number of ether oxygens (including phenoxy) is 2. The molecule has 0 aromatic heterocycles. The normalized spacial score (nSPS) is 20.3. The standard InChI is InChI=1S/C15H24N2O2/c1-4-13-11-17(8-7-16-13)10-12-5-6-14(18-2)9-15(12)19-3/h5-6,9,13,16H,4,7-8,10-11H2,1-3H3. The highest BCUT2D eigenvalue weighted by Crippen LogP contribution is 2.26. The maximum absolute atomic E-state index is 5.46. The van der Waals surface area contributed by atoms with Crippen molar-refractivity contribution in [1.82, 2.24) is 10.2 Å². The molecule has 1 aliphatic rings. The molecule has 19 heavy (non-hydrogen) atoms. The van der Waals surface area contributed by atoms with E-state index in [0.717, 1.165) is 37.7 Å². The number of piperazine rings is 1. The molecule has 1 N–H and O–H groups in total. The Morgan fingerprint density at radius 3 is 2.84 bits per heavy atom. The van der Waals surface area contributed by atoms with Crippen LogP contribution in [0.4, 0.5) is 0 Å². The Labute approximate surface area is 115 Å². The lowest BCUT2D eigenvalue weighted by molar-refractivity contribution is 0.188. The van der Waals surface area contributed by atoms with E-state index < -0.39 is 0 Å². The largest absolute Gasteiger partial charge is 0.497 e. The molecule has 1 aliphatic heterocycles. The SMILES string of the molecule is CCC1CN(Cc2ccc(OC)cc2OC)CCN1. The average molecular weight is 264 g/mol. The Hall–Kier alpha value is -1.26. The molecule has 2 rings (SSSR count). The lowest BCUT2D eigenvalue weighted by Crippen LogP contribution is -2.49. The van der Waals surface area contributed by atoms with Crippen molar-refractivity contribution in [3.05, 3.63) is 23.8 Å². The van der Waals surface area contributed by atoms with Gasteiger partial charge < -0.3 is 14.8 Å². The zero-order valence-electron chi connectivity index (χ0n) is 12.1. The van der Waals surface area contributed by atoms with Crippen molar-refractivity contribution in [1.29, 1.82) is 0 Å². The fourth-order valence-electron chi connectivity index (χ4n) is 2.53. The molecule has 1 aromatic carbocycles. The first-order valence-electron chi connectivity index (χ1n) is 6.93. The van der Waals surface area contributed by atoms with Crippen LogP contribution in [0.15, 0.2) is 18.2 Å². The monoisotopic (exact) mass is 264 g/mol. The smallest absolute Gasteiger partial charge is 0.127 e. The predicted octanol–water partition coefficient (Wildman–Crippen LogP) is 1.89. The molecule has 0 amide bonds. The Kier molecular flexibility index (Phi) is 5.05. The molecule has 106 valence electrons. The number of rotatable bonds is 5. The number of hydrogen-bond acceptors (Lipinski definition) is 4. The predicted molar refractivity (Wildman–Crippen MR) is 76.9 cm³/mol. The maximum atomic E-state index is 5.46. The van der Waals surface area contributed by atoms with Crippen molar-refractivity contribution in [2.75, 3.05) is 33.9 Å². The molecule has 1 heterocycles. The van der Waals surface area contributed by atoms with Crippen molar-refractivity contribution >= 4 is 0 Å². The minimum Gasteiger partial charge on any atom is -0.497 e. The van der Waals surface area contributed by atoms with Gasteiger partial charge in [0.2, 0.25) is 0 Å². The van der Waals surface area contributed by atoms with E-state index in [2.05, 4.69) is 23.2 Å². The van der Waals surface area contributed by atoms with Crippen LogP contribution in [0.1, 0.15) is 18.9 Å². The van der Waals surface area contributed by atoms with Crippen LogP contribution in [-0.4, -0.2) is 44.8 Å². The van der Waals surface area contributed by atoms with Crippen LogP contribution in [0.5, 0.6) is 11.5 Å². The lowest BCUT2D eigenvalue weighted by atomic mass is 10.1. The summed E-state index contributed by atoms with van der Waals surface area (Å²) in [6.45, 7) is 6.43. The summed E-state index contributed by atoms with van der Waals surface area (Å²) in [5.74, 6) is 1.75. The van der Waals surface area contributed by atoms with Crippen LogP contribution in [0.3, 0.4) is 0 Å². The van der Waals surface area contributed by atoms with Gasteiger partial charge in [0.1, 0.15) is 11.5 Å². The van der Waals surface area contributed by atoms with E-state index in [9.17, 15) is 0 Å². The highest BCUT2D eigenvalue weighted by Gasteiger charge is 2.19. The third-order valence-corrected chi connectivity index (χ3v) is 3.72. The van der Waals surface area contributed by atoms with Gasteiger partial charge in [-0.1, -0.05) is 13.0 Å². The molecular weight excluding hydrogens is 240 g/mol. The van der Waals surface area contributed by atoms with Gasteiger partial charge in [-0.2, -0.15) is 0 Å². The van der Waals surface area contributed by atoms with Gasteiger partial charge in [0, 0.05) is 43.9 Å². The molecule has 0 radical (unpaired) electrons. The van der Waals surface area contributed by atoms with E-state index in [1.54, 1.807) is 14.2 Å². The van der Waals surface area contributed by atoms with Gasteiger partial charge in [0.25, 0.3) is 0 Å². The van der Waals surface area contributed by atoms with Crippen molar-refractivity contribution < 1.29 is 9.47 Å². The maximum Gasteiger partial charge on any atom is 0.127 e. The number of nitrogens with zero attached hydrogens (tertiary/aromatic N) is 1. The van der Waals surface area contributed by atoms with Crippen LogP contribution < -0.4 is 14.8 Å². The average Bonchev–Trinajstić information content (AvgIpc) is 2.48. The molecule has 1 atom stereocenters. The summed E-state index contributed by atoms with van der Waals surface area (Å²) in [6.07, 6.45) is 1.18. The molecule has 0 saturated carbocycles. The molecule has 4 heteroatoms. The number of nitrogens with one attached hydrogen (secondary N) is 1. The molecule has 1 aromatic rings. The van der Waals surface area contributed by atoms with E-state index in [-0.39, 0.29) is 0 Å². The Morgan fingerprint density at radius 2 is 2.16 bits per heavy atom. The summed E-state index contributed by atoms with van der Waals surface area (Å²) >= 11 is 0. The summed E-state index contributed by atoms with van der Waals surface area (Å²) in [7, 11) is 3.39. The summed E-state index contributed by atoms with van der Waals surface area (Å²) in [6, 6.07) is 6.66. The first-order chi connectivity index (χ1) is 9.26. The lowest BCUT2D eigenvalue weighted by Gasteiger charge is -2.33. The zero-order chi connectivity index (χ0) is 13.7. The number of methoxy groups -OCH3 is 2. The Balaban J connectivity index is 2.05. The number of hydrogen-bond donors (Lipinski definition) is 1. The molecule has 0 bridgehead atoms. The fourth-order valence-corrected chi connectivity index (χ4v) is 2.53. The van der Waals surface area contributed by atoms with Crippen LogP contribution in [0.2, 0.25) is 0 Å². The first kappa shape index (κ1) is 14.2. The minimum atomic E-state index is 0.609. The molecule has 1 fully saturated rings. The number of benzene rings is 1. The second kappa shape index (κ2) is 6.78. The van der Waals surface area contributed by atoms with E-state index in [0.29, 0.717) is 6.04 Å². The quantitative estimate of drug-likeness (QED) is 0.880. The summed E-state index contributed by atoms with van der Waals surface area (Å²) in [5, 5.41) is 3.54. The zero-order valence-corrected chi connectivity index (χ0v) is 12.1. The molecule has 0 spiro atoms.